The van der Waals surface area contributed by atoms with E-state index in [0.29, 0.717) is 18.1 Å². The number of ether oxygens (including phenoxy) is 1. The van der Waals surface area contributed by atoms with E-state index in [2.05, 4.69) is 36.6 Å². The molecule has 20 heavy (non-hydrogen) atoms. The Balaban J connectivity index is 1.54. The summed E-state index contributed by atoms with van der Waals surface area (Å²) in [4.78, 5) is 1.48. The molecule has 1 saturated heterocycles. The summed E-state index contributed by atoms with van der Waals surface area (Å²) in [7, 11) is 2.11. The van der Waals surface area contributed by atoms with E-state index in [1.54, 1.807) is 5.56 Å². The molecule has 3 unspecified atom stereocenters. The average Bonchev–Trinajstić information content (AvgIpc) is 3.13. The highest BCUT2D eigenvalue weighted by molar-refractivity contribution is 7.99. The molecule has 0 aromatic heterocycles. The van der Waals surface area contributed by atoms with E-state index in [9.17, 15) is 0 Å². The number of hydrogen-bond donors (Lipinski definition) is 1. The lowest BCUT2D eigenvalue weighted by Gasteiger charge is -2.24. The minimum atomic E-state index is 0.540. The van der Waals surface area contributed by atoms with Gasteiger partial charge in [0.25, 0.3) is 0 Å². The molecule has 2 heterocycles. The van der Waals surface area contributed by atoms with Gasteiger partial charge in [-0.05, 0) is 50.8 Å². The van der Waals surface area contributed by atoms with Crippen molar-refractivity contribution in [2.75, 3.05) is 19.4 Å². The summed E-state index contributed by atoms with van der Waals surface area (Å²) >= 11 is 2.01. The number of nitrogens with one attached hydrogen (secondary N) is 1. The minimum Gasteiger partial charge on any atom is -0.378 e. The van der Waals surface area contributed by atoms with Crippen molar-refractivity contribution in [3.8, 4) is 0 Å². The quantitative estimate of drug-likeness (QED) is 0.861. The van der Waals surface area contributed by atoms with Gasteiger partial charge in [0, 0.05) is 29.2 Å². The SMILES string of the molecule is CNC(CCCC1CCCO1)C1CSc2ccccc21. The van der Waals surface area contributed by atoms with Crippen LogP contribution in [0.5, 0.6) is 0 Å². The Hall–Kier alpha value is -0.510. The first kappa shape index (κ1) is 14.4. The maximum atomic E-state index is 5.73. The molecule has 1 N–H and O–H groups in total. The van der Waals surface area contributed by atoms with Gasteiger partial charge in [0.2, 0.25) is 0 Å². The van der Waals surface area contributed by atoms with Crippen molar-refractivity contribution < 1.29 is 4.74 Å². The predicted molar refractivity (Wildman–Crippen MR) is 85.6 cm³/mol. The Morgan fingerprint density at radius 2 is 2.30 bits per heavy atom. The highest BCUT2D eigenvalue weighted by atomic mass is 32.2. The Labute approximate surface area is 126 Å². The molecule has 0 spiro atoms. The highest BCUT2D eigenvalue weighted by Crippen LogP contribution is 2.41. The molecule has 0 aliphatic carbocycles. The molecule has 2 aliphatic heterocycles. The molecule has 1 fully saturated rings. The second kappa shape index (κ2) is 6.97. The first-order chi connectivity index (χ1) is 9.88. The maximum absolute atomic E-state index is 5.73. The van der Waals surface area contributed by atoms with Gasteiger partial charge in [0.05, 0.1) is 6.10 Å². The Morgan fingerprint density at radius 3 is 3.10 bits per heavy atom. The lowest BCUT2D eigenvalue weighted by Crippen LogP contribution is -2.32. The molecule has 0 bridgehead atoms. The van der Waals surface area contributed by atoms with E-state index in [0.717, 1.165) is 6.61 Å². The van der Waals surface area contributed by atoms with Gasteiger partial charge < -0.3 is 10.1 Å². The number of rotatable bonds is 6. The van der Waals surface area contributed by atoms with Crippen LogP contribution in [-0.4, -0.2) is 31.6 Å². The van der Waals surface area contributed by atoms with Crippen LogP contribution in [0.1, 0.15) is 43.6 Å². The van der Waals surface area contributed by atoms with Gasteiger partial charge in [-0.1, -0.05) is 18.2 Å². The lowest BCUT2D eigenvalue weighted by atomic mass is 9.89. The van der Waals surface area contributed by atoms with Crippen LogP contribution in [-0.2, 0) is 4.74 Å². The Bertz CT molecular complexity index is 431. The fraction of sp³-hybridized carbons (Fsp3) is 0.647. The van der Waals surface area contributed by atoms with Gasteiger partial charge in [-0.2, -0.15) is 0 Å². The van der Waals surface area contributed by atoms with E-state index in [4.69, 9.17) is 4.74 Å². The van der Waals surface area contributed by atoms with Crippen molar-refractivity contribution in [2.45, 2.75) is 55.1 Å². The van der Waals surface area contributed by atoms with Crippen molar-refractivity contribution in [3.05, 3.63) is 29.8 Å². The maximum Gasteiger partial charge on any atom is 0.0576 e. The van der Waals surface area contributed by atoms with Gasteiger partial charge in [0.15, 0.2) is 0 Å². The molecule has 110 valence electrons. The van der Waals surface area contributed by atoms with Crippen molar-refractivity contribution in [1.82, 2.24) is 5.32 Å². The van der Waals surface area contributed by atoms with Crippen LogP contribution in [0.2, 0.25) is 0 Å². The standard InChI is InChI=1S/C17H25NOS/c1-18-16(9-4-6-13-7-5-11-19-13)15-12-20-17-10-3-2-8-14(15)17/h2-3,8,10,13,15-16,18H,4-7,9,11-12H2,1H3. The lowest BCUT2D eigenvalue weighted by molar-refractivity contribution is 0.101. The molecule has 1 aromatic carbocycles. The molecule has 3 rings (SSSR count). The van der Waals surface area contributed by atoms with Crippen molar-refractivity contribution >= 4 is 11.8 Å². The zero-order valence-electron chi connectivity index (χ0n) is 12.3. The van der Waals surface area contributed by atoms with Gasteiger partial charge >= 0.3 is 0 Å². The number of hydrogen-bond acceptors (Lipinski definition) is 3. The Morgan fingerprint density at radius 1 is 1.40 bits per heavy atom. The smallest absolute Gasteiger partial charge is 0.0576 e. The molecule has 3 heteroatoms. The first-order valence-electron chi connectivity index (χ1n) is 7.89. The van der Waals surface area contributed by atoms with Crippen LogP contribution in [0.15, 0.2) is 29.2 Å². The van der Waals surface area contributed by atoms with Crippen LogP contribution >= 0.6 is 11.8 Å². The summed E-state index contributed by atoms with van der Waals surface area (Å²) < 4.78 is 5.73. The number of benzene rings is 1. The third-order valence-corrected chi connectivity index (χ3v) is 5.87. The second-order valence-electron chi connectivity index (χ2n) is 5.92. The van der Waals surface area contributed by atoms with E-state index < -0.39 is 0 Å². The predicted octanol–water partition coefficient (Wildman–Crippen LogP) is 3.81. The zero-order valence-corrected chi connectivity index (χ0v) is 13.1. The molecule has 0 saturated carbocycles. The normalized spacial score (nSPS) is 26.6. The number of fused-ring (bicyclic) bond motifs is 1. The molecule has 1 aromatic rings. The summed E-state index contributed by atoms with van der Waals surface area (Å²) in [6, 6.07) is 9.51. The second-order valence-corrected chi connectivity index (χ2v) is 6.98. The van der Waals surface area contributed by atoms with Gasteiger partial charge in [-0.3, -0.25) is 0 Å². The van der Waals surface area contributed by atoms with Gasteiger partial charge in [-0.25, -0.2) is 0 Å². The summed E-state index contributed by atoms with van der Waals surface area (Å²) in [6.45, 7) is 0.979. The third kappa shape index (κ3) is 3.21. The average molecular weight is 291 g/mol. The fourth-order valence-corrected chi connectivity index (χ4v) is 4.84. The molecule has 3 atom stereocenters. The Kier molecular flexibility index (Phi) is 5.03. The van der Waals surface area contributed by atoms with Gasteiger partial charge in [-0.15, -0.1) is 11.8 Å². The number of likely N-dealkylation sites (N-methyl/N-ethyl adjacent to an activating group) is 1. The zero-order chi connectivity index (χ0) is 13.8. The van der Waals surface area contributed by atoms with E-state index >= 15 is 0 Å². The van der Waals surface area contributed by atoms with E-state index in [1.165, 1.54) is 42.8 Å². The monoisotopic (exact) mass is 291 g/mol. The molecular weight excluding hydrogens is 266 g/mol. The van der Waals surface area contributed by atoms with Gasteiger partial charge in [0.1, 0.15) is 0 Å². The number of thioether (sulfide) groups is 1. The summed E-state index contributed by atoms with van der Waals surface area (Å²) in [5.41, 5.74) is 1.55. The molecule has 2 nitrogen and oxygen atoms in total. The van der Waals surface area contributed by atoms with Crippen LogP contribution < -0.4 is 5.32 Å². The summed E-state index contributed by atoms with van der Waals surface area (Å²) in [5, 5.41) is 3.56. The molecule has 2 aliphatic rings. The minimum absolute atomic E-state index is 0.540. The van der Waals surface area contributed by atoms with Crippen LogP contribution in [0.25, 0.3) is 0 Å². The molecule has 0 amide bonds. The van der Waals surface area contributed by atoms with Crippen LogP contribution in [0, 0.1) is 0 Å². The largest absolute Gasteiger partial charge is 0.378 e. The van der Waals surface area contributed by atoms with Crippen LogP contribution in [0.4, 0.5) is 0 Å². The summed E-state index contributed by atoms with van der Waals surface area (Å²) in [6.07, 6.45) is 6.84. The van der Waals surface area contributed by atoms with Crippen molar-refractivity contribution in [2.24, 2.45) is 0 Å². The van der Waals surface area contributed by atoms with E-state index in [-0.39, 0.29) is 0 Å². The van der Waals surface area contributed by atoms with Crippen molar-refractivity contribution in [1.29, 1.82) is 0 Å². The first-order valence-corrected chi connectivity index (χ1v) is 8.87. The fourth-order valence-electron chi connectivity index (χ4n) is 3.50. The third-order valence-electron chi connectivity index (χ3n) is 4.66. The van der Waals surface area contributed by atoms with Crippen molar-refractivity contribution in [3.63, 3.8) is 0 Å². The van der Waals surface area contributed by atoms with E-state index in [1.807, 2.05) is 11.8 Å². The van der Waals surface area contributed by atoms with Crippen LogP contribution in [0.3, 0.4) is 0 Å². The summed E-state index contributed by atoms with van der Waals surface area (Å²) in [5.74, 6) is 1.90. The topological polar surface area (TPSA) is 21.3 Å². The molecule has 0 radical (unpaired) electrons. The molecular formula is C17H25NOS. The highest BCUT2D eigenvalue weighted by Gasteiger charge is 2.29.